The van der Waals surface area contributed by atoms with E-state index in [1.165, 1.54) is 0 Å². The molecule has 1 heterocycles. The molecule has 0 saturated carbocycles. The molecule has 0 aromatic heterocycles. The van der Waals surface area contributed by atoms with Crippen LogP contribution in [0.4, 0.5) is 8.78 Å². The Bertz CT molecular complexity index is 404. The Labute approximate surface area is 99.6 Å². The fraction of sp³-hybridized carbons (Fsp3) is 0.400. The van der Waals surface area contributed by atoms with Crippen molar-refractivity contribution >= 4 is 9.39 Å². The van der Waals surface area contributed by atoms with Gasteiger partial charge in [0.1, 0.15) is 24.0 Å². The maximum Gasteiger partial charge on any atom is 0.133 e. The monoisotopic (exact) mass is 262 g/mol. The summed E-state index contributed by atoms with van der Waals surface area (Å²) in [5, 5.41) is 15.6. The van der Waals surface area contributed by atoms with E-state index in [-0.39, 0.29) is 11.8 Å². The van der Waals surface area contributed by atoms with Crippen molar-refractivity contribution in [3.8, 4) is 0 Å². The molecule has 4 nitrogen and oxygen atoms in total. The van der Waals surface area contributed by atoms with Crippen LogP contribution in [0.2, 0.25) is 0 Å². The summed E-state index contributed by atoms with van der Waals surface area (Å²) < 4.78 is 31.4. The standard InChI is InChI=1S/C10H13F2N2O2P/c11-5-1-2-7(12)6(3-5)9(15)10(14-17)13-8-4-16-8/h1-3,8-10,13-15H,4,17H2/t8?,9?,10-/m0/s1. The summed E-state index contributed by atoms with van der Waals surface area (Å²) >= 11 is 0. The molecule has 1 aromatic carbocycles. The van der Waals surface area contributed by atoms with E-state index in [2.05, 4.69) is 19.8 Å². The molecule has 0 radical (unpaired) electrons. The van der Waals surface area contributed by atoms with E-state index in [0.29, 0.717) is 6.61 Å². The zero-order valence-corrected chi connectivity index (χ0v) is 10.0. The van der Waals surface area contributed by atoms with E-state index in [1.54, 1.807) is 0 Å². The van der Waals surface area contributed by atoms with E-state index in [9.17, 15) is 13.9 Å². The van der Waals surface area contributed by atoms with Crippen molar-refractivity contribution in [2.24, 2.45) is 0 Å². The normalized spacial score (nSPS) is 22.2. The molecule has 94 valence electrons. The zero-order valence-electron chi connectivity index (χ0n) is 8.86. The van der Waals surface area contributed by atoms with Crippen LogP contribution in [0.5, 0.6) is 0 Å². The first-order valence-electron chi connectivity index (χ1n) is 5.08. The van der Waals surface area contributed by atoms with Crippen molar-refractivity contribution in [3.63, 3.8) is 0 Å². The lowest BCUT2D eigenvalue weighted by Crippen LogP contribution is -2.44. The van der Waals surface area contributed by atoms with E-state index in [1.807, 2.05) is 0 Å². The number of halogens is 2. The number of hydrogen-bond acceptors (Lipinski definition) is 4. The highest BCUT2D eigenvalue weighted by atomic mass is 31.0. The smallest absolute Gasteiger partial charge is 0.133 e. The van der Waals surface area contributed by atoms with Gasteiger partial charge in [0.2, 0.25) is 0 Å². The van der Waals surface area contributed by atoms with Gasteiger partial charge in [-0.3, -0.25) is 10.4 Å². The van der Waals surface area contributed by atoms with Crippen LogP contribution >= 0.6 is 9.39 Å². The van der Waals surface area contributed by atoms with Gasteiger partial charge in [0.25, 0.3) is 0 Å². The van der Waals surface area contributed by atoms with Gasteiger partial charge < -0.3 is 9.84 Å². The van der Waals surface area contributed by atoms with Gasteiger partial charge in [-0.05, 0) is 18.2 Å². The average Bonchev–Trinajstić information content (AvgIpc) is 3.12. The molecule has 2 rings (SSSR count). The molecule has 17 heavy (non-hydrogen) atoms. The van der Waals surface area contributed by atoms with E-state index in [0.717, 1.165) is 18.2 Å². The van der Waals surface area contributed by atoms with Crippen LogP contribution in [0, 0.1) is 11.6 Å². The molecule has 1 aliphatic heterocycles. The van der Waals surface area contributed by atoms with Crippen molar-refractivity contribution in [1.29, 1.82) is 0 Å². The molecular formula is C10H13F2N2O2P. The molecule has 1 aliphatic rings. The predicted octanol–water partition coefficient (Wildman–Crippen LogP) is 0.650. The number of benzene rings is 1. The predicted molar refractivity (Wildman–Crippen MR) is 60.8 cm³/mol. The minimum absolute atomic E-state index is 0.0990. The fourth-order valence-corrected chi connectivity index (χ4v) is 1.77. The highest BCUT2D eigenvalue weighted by Crippen LogP contribution is 2.22. The number of hydrogen-bond donors (Lipinski definition) is 3. The summed E-state index contributed by atoms with van der Waals surface area (Å²) in [4.78, 5) is 0. The van der Waals surface area contributed by atoms with Crippen molar-refractivity contribution < 1.29 is 18.6 Å². The second kappa shape index (κ2) is 5.33. The van der Waals surface area contributed by atoms with Crippen LogP contribution in [0.1, 0.15) is 11.7 Å². The molecule has 7 heteroatoms. The number of aliphatic hydroxyl groups is 1. The molecule has 3 N–H and O–H groups in total. The molecule has 3 unspecified atom stereocenters. The fourth-order valence-electron chi connectivity index (χ4n) is 1.50. The SMILES string of the molecule is OC(c1cc(F)ccc1F)[C@H](NP)NC1CO1. The summed E-state index contributed by atoms with van der Waals surface area (Å²) in [6.07, 6.45) is -2.00. The second-order valence-corrected chi connectivity index (χ2v) is 4.08. The van der Waals surface area contributed by atoms with Crippen LogP contribution in [0.25, 0.3) is 0 Å². The Morgan fingerprint density at radius 1 is 1.47 bits per heavy atom. The van der Waals surface area contributed by atoms with Gasteiger partial charge in [0, 0.05) is 5.56 Å². The maximum atomic E-state index is 13.4. The lowest BCUT2D eigenvalue weighted by atomic mass is 10.1. The third kappa shape index (κ3) is 3.18. The summed E-state index contributed by atoms with van der Waals surface area (Å²) in [6.45, 7) is 0.543. The Kier molecular flexibility index (Phi) is 4.01. The van der Waals surface area contributed by atoms with Gasteiger partial charge in [-0.1, -0.05) is 9.39 Å². The second-order valence-electron chi connectivity index (χ2n) is 3.74. The highest BCUT2D eigenvalue weighted by Gasteiger charge is 2.30. The van der Waals surface area contributed by atoms with Crippen LogP contribution in [0.15, 0.2) is 18.2 Å². The first-order chi connectivity index (χ1) is 8.11. The summed E-state index contributed by atoms with van der Waals surface area (Å²) in [6, 6.07) is 2.97. The topological polar surface area (TPSA) is 56.8 Å². The van der Waals surface area contributed by atoms with Gasteiger partial charge in [-0.2, -0.15) is 0 Å². The number of ether oxygens (including phenoxy) is 1. The maximum absolute atomic E-state index is 13.4. The lowest BCUT2D eigenvalue weighted by molar-refractivity contribution is 0.111. The first kappa shape index (κ1) is 12.8. The van der Waals surface area contributed by atoms with E-state index < -0.39 is 23.9 Å². The largest absolute Gasteiger partial charge is 0.385 e. The van der Waals surface area contributed by atoms with Gasteiger partial charge in [-0.25, -0.2) is 8.78 Å². The molecule has 0 aliphatic carbocycles. The number of epoxide rings is 1. The molecule has 0 spiro atoms. The van der Waals surface area contributed by atoms with Crippen LogP contribution in [-0.2, 0) is 4.74 Å². The van der Waals surface area contributed by atoms with Crippen molar-refractivity contribution in [2.45, 2.75) is 18.5 Å². The molecule has 4 atom stereocenters. The lowest BCUT2D eigenvalue weighted by Gasteiger charge is -2.23. The Balaban J connectivity index is 2.14. The van der Waals surface area contributed by atoms with Gasteiger partial charge >= 0.3 is 0 Å². The molecule has 0 amide bonds. The number of nitrogens with one attached hydrogen (secondary N) is 2. The number of rotatable bonds is 5. The molecule has 1 aromatic rings. The van der Waals surface area contributed by atoms with Crippen molar-refractivity contribution in [3.05, 3.63) is 35.4 Å². The quantitative estimate of drug-likeness (QED) is 0.414. The summed E-state index contributed by atoms with van der Waals surface area (Å²) in [5.74, 6) is -1.24. The first-order valence-corrected chi connectivity index (χ1v) is 5.66. The van der Waals surface area contributed by atoms with Gasteiger partial charge in [-0.15, -0.1) is 0 Å². The highest BCUT2D eigenvalue weighted by molar-refractivity contribution is 7.13. The minimum atomic E-state index is -1.22. The van der Waals surface area contributed by atoms with Crippen LogP contribution < -0.4 is 10.4 Å². The Morgan fingerprint density at radius 2 is 2.18 bits per heavy atom. The Morgan fingerprint density at radius 3 is 2.76 bits per heavy atom. The van der Waals surface area contributed by atoms with Crippen LogP contribution in [0.3, 0.4) is 0 Å². The Hall–Kier alpha value is -0.650. The van der Waals surface area contributed by atoms with Crippen LogP contribution in [-0.4, -0.2) is 24.1 Å². The molecule has 0 bridgehead atoms. The number of aliphatic hydroxyl groups excluding tert-OH is 1. The van der Waals surface area contributed by atoms with E-state index >= 15 is 0 Å². The van der Waals surface area contributed by atoms with Crippen molar-refractivity contribution in [2.75, 3.05) is 6.61 Å². The molecule has 1 fully saturated rings. The minimum Gasteiger partial charge on any atom is -0.385 e. The van der Waals surface area contributed by atoms with Gasteiger partial charge in [0.15, 0.2) is 0 Å². The van der Waals surface area contributed by atoms with E-state index in [4.69, 9.17) is 4.74 Å². The van der Waals surface area contributed by atoms with Gasteiger partial charge in [0.05, 0.1) is 12.8 Å². The summed E-state index contributed by atoms with van der Waals surface area (Å²) in [5.41, 5.74) is -0.0990. The average molecular weight is 262 g/mol. The third-order valence-electron chi connectivity index (χ3n) is 2.47. The van der Waals surface area contributed by atoms with Crippen molar-refractivity contribution in [1.82, 2.24) is 10.4 Å². The molecular weight excluding hydrogens is 249 g/mol. The third-order valence-corrected chi connectivity index (χ3v) is 2.83. The zero-order chi connectivity index (χ0) is 12.4. The molecule has 1 saturated heterocycles. The summed E-state index contributed by atoms with van der Waals surface area (Å²) in [7, 11) is 2.21.